The van der Waals surface area contributed by atoms with Crippen molar-refractivity contribution in [1.29, 1.82) is 0 Å². The molecule has 0 atom stereocenters. The van der Waals surface area contributed by atoms with Gasteiger partial charge < -0.3 is 8.37 Å². The van der Waals surface area contributed by atoms with Crippen LogP contribution in [0, 0.1) is 0 Å². The van der Waals surface area contributed by atoms with Gasteiger partial charge in [-0.2, -0.15) is 16.8 Å². The number of hydrogen-bond acceptors (Lipinski definition) is 6. The molecule has 0 fully saturated rings. The van der Waals surface area contributed by atoms with Crippen LogP contribution >= 0.6 is 6.33 Å². The molecule has 6 nitrogen and oxygen atoms in total. The van der Waals surface area contributed by atoms with E-state index in [2.05, 4.69) is 0 Å². The van der Waals surface area contributed by atoms with E-state index in [0.29, 0.717) is 0 Å². The van der Waals surface area contributed by atoms with Crippen LogP contribution in [-0.2, 0) is 19.5 Å². The van der Waals surface area contributed by atoms with E-state index in [1.807, 2.05) is 0 Å². The zero-order chi connectivity index (χ0) is 19.3. The normalized spacial score (nSPS) is 11.5. The summed E-state index contributed by atoms with van der Waals surface area (Å²) in [6, 6.07) is 23.1. The van der Waals surface area contributed by atoms with Crippen LogP contribution in [-0.4, -0.2) is 46.4 Å². The first-order valence-corrected chi connectivity index (χ1v) is 13.1. The summed E-state index contributed by atoms with van der Waals surface area (Å²) in [5.74, 6) is 0.0479. The Morgan fingerprint density at radius 3 is 1.21 bits per heavy atom. The van der Waals surface area contributed by atoms with Crippen LogP contribution in [0.1, 0.15) is 0 Å². The van der Waals surface area contributed by atoms with E-state index >= 15 is 0 Å². The molecule has 3 aromatic rings. The second-order valence-electron chi connectivity index (χ2n) is 5.24. The third-order valence-electron chi connectivity index (χ3n) is 3.26. The zero-order valence-electron chi connectivity index (χ0n) is 13.9. The fourth-order valence-electron chi connectivity index (χ4n) is 2.18. The average molecular weight is 446 g/mol. The molecular weight excluding hydrogens is 430 g/mol. The van der Waals surface area contributed by atoms with Crippen molar-refractivity contribution in [2.45, 2.75) is 0 Å². The molecule has 0 aromatic heterocycles. The summed E-state index contributed by atoms with van der Waals surface area (Å²) in [7, 11) is -9.11. The van der Waals surface area contributed by atoms with Gasteiger partial charge in [0, 0.05) is 5.30 Å². The first kappa shape index (κ1) is 22.9. The molecule has 0 aliphatic rings. The first-order chi connectivity index (χ1) is 12.9. The Balaban J connectivity index is 0.00000280. The number of benzene rings is 3. The first-order valence-electron chi connectivity index (χ1n) is 7.73. The van der Waals surface area contributed by atoms with Crippen molar-refractivity contribution in [3.05, 3.63) is 91.0 Å². The van der Waals surface area contributed by atoms with Gasteiger partial charge >= 0.3 is 49.0 Å². The van der Waals surface area contributed by atoms with Crippen molar-refractivity contribution < 1.29 is 25.2 Å². The molecule has 3 rings (SSSR count). The quantitative estimate of drug-likeness (QED) is 0.410. The summed E-state index contributed by atoms with van der Waals surface area (Å²) in [5, 5.41) is 0.0827. The molecule has 142 valence electrons. The van der Waals surface area contributed by atoms with Crippen molar-refractivity contribution in [2.24, 2.45) is 0 Å². The third-order valence-corrected chi connectivity index (χ3v) is 13.0. The average Bonchev–Trinajstić information content (AvgIpc) is 2.63. The molecule has 0 radical (unpaired) electrons. The van der Waals surface area contributed by atoms with Gasteiger partial charge in [-0.25, -0.2) is 0 Å². The predicted octanol–water partition coefficient (Wildman–Crippen LogP) is 2.79. The van der Waals surface area contributed by atoms with E-state index in [0.717, 1.165) is 0 Å². The van der Waals surface area contributed by atoms with Crippen LogP contribution < -0.4 is 13.7 Å². The molecule has 0 spiro atoms. The topological polar surface area (TPSA) is 86.7 Å². The van der Waals surface area contributed by atoms with Crippen LogP contribution in [0.2, 0.25) is 0 Å². The molecular formula is C18H16NaO6PS2. The summed E-state index contributed by atoms with van der Waals surface area (Å²) in [6.07, 6.45) is -2.89. The summed E-state index contributed by atoms with van der Waals surface area (Å²) >= 11 is 0. The number of rotatable bonds is 7. The van der Waals surface area contributed by atoms with Gasteiger partial charge in [0.25, 0.3) is 6.33 Å². The second kappa shape index (κ2) is 9.87. The Kier molecular flexibility index (Phi) is 8.07. The fraction of sp³-hybridized carbons (Fsp3) is 0. The van der Waals surface area contributed by atoms with Crippen molar-refractivity contribution in [3.8, 4) is 11.5 Å². The Labute approximate surface area is 187 Å². The van der Waals surface area contributed by atoms with Crippen LogP contribution in [0.4, 0.5) is 0 Å². The van der Waals surface area contributed by atoms with Crippen LogP contribution in [0.5, 0.6) is 11.5 Å². The van der Waals surface area contributed by atoms with E-state index in [1.165, 1.54) is 36.4 Å². The molecule has 0 saturated carbocycles. The Hall–Kier alpha value is -1.41. The Morgan fingerprint density at radius 1 is 0.536 bits per heavy atom. The van der Waals surface area contributed by atoms with Gasteiger partial charge in [-0.1, -0.05) is 66.7 Å². The van der Waals surface area contributed by atoms with Crippen molar-refractivity contribution in [2.75, 3.05) is 0 Å². The van der Waals surface area contributed by atoms with Crippen LogP contribution in [0.25, 0.3) is 0 Å². The molecule has 0 bridgehead atoms. The molecule has 0 heterocycles. The maximum absolute atomic E-state index is 12.9. The predicted molar refractivity (Wildman–Crippen MR) is 112 cm³/mol. The number of para-hydroxylation sites is 2. The van der Waals surface area contributed by atoms with Gasteiger partial charge in [0.05, 0.1) is 0 Å². The van der Waals surface area contributed by atoms with E-state index in [4.69, 9.17) is 8.37 Å². The van der Waals surface area contributed by atoms with Gasteiger partial charge in [0.15, 0.2) is 0 Å². The summed E-state index contributed by atoms with van der Waals surface area (Å²) in [5.41, 5.74) is 0. The van der Waals surface area contributed by atoms with E-state index in [1.54, 1.807) is 54.6 Å². The fourth-order valence-corrected chi connectivity index (χ4v) is 10.6. The van der Waals surface area contributed by atoms with Gasteiger partial charge in [0.1, 0.15) is 11.5 Å². The molecule has 10 heteroatoms. The van der Waals surface area contributed by atoms with E-state index in [9.17, 15) is 16.8 Å². The Morgan fingerprint density at radius 2 is 0.857 bits per heavy atom. The van der Waals surface area contributed by atoms with Crippen molar-refractivity contribution in [1.82, 2.24) is 0 Å². The van der Waals surface area contributed by atoms with Gasteiger partial charge in [-0.05, 0) is 24.3 Å². The molecule has 0 N–H and O–H groups in total. The molecule has 0 aliphatic carbocycles. The molecule has 0 unspecified atom stereocenters. The van der Waals surface area contributed by atoms with Crippen LogP contribution in [0.3, 0.4) is 0 Å². The van der Waals surface area contributed by atoms with Crippen LogP contribution in [0.15, 0.2) is 91.0 Å². The van der Waals surface area contributed by atoms with Gasteiger partial charge in [-0.3, -0.25) is 0 Å². The molecule has 0 aliphatic heterocycles. The zero-order valence-corrected chi connectivity index (χ0v) is 16.4. The van der Waals surface area contributed by atoms with Crippen molar-refractivity contribution in [3.63, 3.8) is 0 Å². The number of hydrogen-bond donors (Lipinski definition) is 0. The maximum atomic E-state index is 12.9. The monoisotopic (exact) mass is 446 g/mol. The molecule has 3 aromatic carbocycles. The van der Waals surface area contributed by atoms with E-state index in [-0.39, 0.29) is 46.4 Å². The SMILES string of the molecule is O=S(=O)(Oc1ccccc1)P(c1ccccc1)S(=O)(=O)Oc1ccccc1.[NaH]. The standard InChI is InChI=1S/C18H15O6PS2.Na.H/c19-26(20,23-16-10-4-1-5-11-16)25(18-14-8-3-9-15-18)27(21,22)24-17-12-6-2-7-13-17;;/h1-15H;;. The van der Waals surface area contributed by atoms with Gasteiger partial charge in [0.2, 0.25) is 0 Å². The van der Waals surface area contributed by atoms with Crippen molar-refractivity contribution >= 4 is 60.7 Å². The minimum absolute atomic E-state index is 0. The Bertz CT molecular complexity index is 1020. The van der Waals surface area contributed by atoms with E-state index < -0.39 is 25.8 Å². The minimum atomic E-state index is -4.55. The summed E-state index contributed by atoms with van der Waals surface area (Å²) in [6.45, 7) is 0. The molecule has 28 heavy (non-hydrogen) atoms. The third kappa shape index (κ3) is 5.80. The molecule has 0 saturated heterocycles. The summed E-state index contributed by atoms with van der Waals surface area (Å²) < 4.78 is 61.7. The molecule has 0 amide bonds. The van der Waals surface area contributed by atoms with Gasteiger partial charge in [-0.15, -0.1) is 0 Å². The summed E-state index contributed by atoms with van der Waals surface area (Å²) in [4.78, 5) is 0. The second-order valence-corrected chi connectivity index (χ2v) is 13.9.